The molecule has 1 aliphatic heterocycles. The standard InChI is InChI=1S/C23H25F3N2O7S/c1-15-6-7-18(13-20(15)36(31,32)28-8-10-33-11-9-28)27-22(30)16(2)35-21(29)14-34-19-5-3-4-17(12-19)23(24,25)26/h3-7,12-13,16H,8-11,14H2,1-2H3,(H,27,30). The van der Waals surface area contributed by atoms with E-state index in [1.165, 1.54) is 29.4 Å². The van der Waals surface area contributed by atoms with E-state index in [0.29, 0.717) is 5.56 Å². The van der Waals surface area contributed by atoms with Gasteiger partial charge in [-0.05, 0) is 49.7 Å². The van der Waals surface area contributed by atoms with Crippen LogP contribution in [0.25, 0.3) is 0 Å². The van der Waals surface area contributed by atoms with Crippen LogP contribution in [0.15, 0.2) is 47.4 Å². The maximum absolute atomic E-state index is 13.0. The average molecular weight is 531 g/mol. The number of nitrogens with one attached hydrogen (secondary N) is 1. The van der Waals surface area contributed by atoms with Gasteiger partial charge in [0.05, 0.1) is 23.7 Å². The van der Waals surface area contributed by atoms with Crippen LogP contribution >= 0.6 is 0 Å². The number of halogens is 3. The zero-order chi connectivity index (χ0) is 26.5. The number of ether oxygens (including phenoxy) is 3. The number of sulfonamides is 1. The summed E-state index contributed by atoms with van der Waals surface area (Å²) in [7, 11) is -3.81. The third-order valence-electron chi connectivity index (χ3n) is 5.24. The Morgan fingerprint density at radius 2 is 1.83 bits per heavy atom. The molecule has 1 heterocycles. The van der Waals surface area contributed by atoms with E-state index in [1.807, 2.05) is 0 Å². The molecule has 1 atom stereocenters. The van der Waals surface area contributed by atoms with Gasteiger partial charge in [0.1, 0.15) is 5.75 Å². The van der Waals surface area contributed by atoms with Crippen molar-refractivity contribution in [1.29, 1.82) is 0 Å². The number of amides is 1. The minimum absolute atomic E-state index is 0.0290. The molecule has 0 radical (unpaired) electrons. The van der Waals surface area contributed by atoms with Crippen LogP contribution in [0.5, 0.6) is 5.75 Å². The lowest BCUT2D eigenvalue weighted by molar-refractivity contribution is -0.155. The molecule has 2 aromatic carbocycles. The highest BCUT2D eigenvalue weighted by Crippen LogP contribution is 2.31. The number of aryl methyl sites for hydroxylation is 1. The third-order valence-corrected chi connectivity index (χ3v) is 7.28. The summed E-state index contributed by atoms with van der Waals surface area (Å²) in [5, 5.41) is 2.50. The molecule has 1 aliphatic rings. The molecule has 0 aromatic heterocycles. The number of hydrogen-bond acceptors (Lipinski definition) is 7. The normalized spacial score (nSPS) is 15.7. The van der Waals surface area contributed by atoms with Crippen LogP contribution in [0.1, 0.15) is 18.1 Å². The molecule has 1 amide bonds. The molecule has 1 fully saturated rings. The fourth-order valence-electron chi connectivity index (χ4n) is 3.31. The van der Waals surface area contributed by atoms with Gasteiger partial charge in [-0.2, -0.15) is 17.5 Å². The summed E-state index contributed by atoms with van der Waals surface area (Å²) >= 11 is 0. The number of anilines is 1. The van der Waals surface area contributed by atoms with E-state index in [0.717, 1.165) is 18.2 Å². The Balaban J connectivity index is 1.59. The van der Waals surface area contributed by atoms with Gasteiger partial charge in [-0.15, -0.1) is 0 Å². The van der Waals surface area contributed by atoms with Crippen LogP contribution in [0.3, 0.4) is 0 Å². The Morgan fingerprint density at radius 1 is 1.14 bits per heavy atom. The first-order chi connectivity index (χ1) is 16.9. The van der Waals surface area contributed by atoms with Gasteiger partial charge in [-0.1, -0.05) is 12.1 Å². The lowest BCUT2D eigenvalue weighted by Gasteiger charge is -2.27. The average Bonchev–Trinajstić information content (AvgIpc) is 2.84. The maximum Gasteiger partial charge on any atom is 0.416 e. The maximum atomic E-state index is 13.0. The van der Waals surface area contributed by atoms with E-state index in [9.17, 15) is 31.2 Å². The summed E-state index contributed by atoms with van der Waals surface area (Å²) in [6.45, 7) is 3.21. The first-order valence-electron chi connectivity index (χ1n) is 10.9. The van der Waals surface area contributed by atoms with Gasteiger partial charge in [-0.25, -0.2) is 13.2 Å². The van der Waals surface area contributed by atoms with Crippen molar-refractivity contribution in [2.75, 3.05) is 38.2 Å². The Bertz CT molecular complexity index is 1210. The predicted molar refractivity (Wildman–Crippen MR) is 122 cm³/mol. The molecule has 0 saturated carbocycles. The van der Waals surface area contributed by atoms with Gasteiger partial charge in [0.2, 0.25) is 10.0 Å². The van der Waals surface area contributed by atoms with Gasteiger partial charge in [0.25, 0.3) is 5.91 Å². The van der Waals surface area contributed by atoms with Crippen molar-refractivity contribution in [3.05, 3.63) is 53.6 Å². The Morgan fingerprint density at radius 3 is 2.50 bits per heavy atom. The van der Waals surface area contributed by atoms with Crippen molar-refractivity contribution in [2.24, 2.45) is 0 Å². The Kier molecular flexibility index (Phi) is 8.59. The lowest BCUT2D eigenvalue weighted by atomic mass is 10.2. The zero-order valence-corrected chi connectivity index (χ0v) is 20.3. The van der Waals surface area contributed by atoms with Crippen molar-refractivity contribution < 1.29 is 45.4 Å². The number of rotatable bonds is 8. The summed E-state index contributed by atoms with van der Waals surface area (Å²) in [5.74, 6) is -1.90. The van der Waals surface area contributed by atoms with Crippen molar-refractivity contribution >= 4 is 27.6 Å². The molecular formula is C23H25F3N2O7S. The van der Waals surface area contributed by atoms with E-state index < -0.39 is 46.4 Å². The second-order valence-electron chi connectivity index (χ2n) is 7.93. The van der Waals surface area contributed by atoms with E-state index in [-0.39, 0.29) is 42.6 Å². The van der Waals surface area contributed by atoms with E-state index in [2.05, 4.69) is 5.32 Å². The number of carbonyl (C=O) groups excluding carboxylic acids is 2. The number of carbonyl (C=O) groups is 2. The van der Waals surface area contributed by atoms with E-state index in [4.69, 9.17) is 14.2 Å². The van der Waals surface area contributed by atoms with Crippen LogP contribution in [0.2, 0.25) is 0 Å². The smallest absolute Gasteiger partial charge is 0.416 e. The molecular weight excluding hydrogens is 505 g/mol. The van der Waals surface area contributed by atoms with Gasteiger partial charge in [-0.3, -0.25) is 4.79 Å². The Hall–Kier alpha value is -3.16. The van der Waals surface area contributed by atoms with Crippen molar-refractivity contribution in [3.8, 4) is 5.75 Å². The summed E-state index contributed by atoms with van der Waals surface area (Å²) in [5.41, 5.74) is -0.263. The number of alkyl halides is 3. The monoisotopic (exact) mass is 530 g/mol. The molecule has 0 spiro atoms. The predicted octanol–water partition coefficient (Wildman–Crippen LogP) is 2.98. The number of nitrogens with zero attached hydrogens (tertiary/aromatic N) is 1. The van der Waals surface area contributed by atoms with E-state index >= 15 is 0 Å². The largest absolute Gasteiger partial charge is 0.482 e. The molecule has 36 heavy (non-hydrogen) atoms. The van der Waals surface area contributed by atoms with Crippen LogP contribution in [0.4, 0.5) is 18.9 Å². The highest BCUT2D eigenvalue weighted by atomic mass is 32.2. The molecule has 13 heteroatoms. The Labute approximate surface area is 206 Å². The minimum Gasteiger partial charge on any atom is -0.482 e. The van der Waals surface area contributed by atoms with Gasteiger partial charge < -0.3 is 19.5 Å². The SMILES string of the molecule is Cc1ccc(NC(=O)C(C)OC(=O)COc2cccc(C(F)(F)F)c2)cc1S(=O)(=O)N1CCOCC1. The molecule has 2 aromatic rings. The van der Waals surface area contributed by atoms with Gasteiger partial charge in [0.15, 0.2) is 12.7 Å². The summed E-state index contributed by atoms with van der Waals surface area (Å²) in [6.07, 6.45) is -5.85. The van der Waals surface area contributed by atoms with Gasteiger partial charge in [0, 0.05) is 18.8 Å². The van der Waals surface area contributed by atoms with E-state index in [1.54, 1.807) is 13.0 Å². The molecule has 1 unspecified atom stereocenters. The number of morpholine rings is 1. The summed E-state index contributed by atoms with van der Waals surface area (Å²) in [4.78, 5) is 24.5. The van der Waals surface area contributed by atoms with Crippen molar-refractivity contribution in [2.45, 2.75) is 31.0 Å². The molecule has 3 rings (SSSR count). The van der Waals surface area contributed by atoms with Crippen LogP contribution in [0, 0.1) is 6.92 Å². The fraction of sp³-hybridized carbons (Fsp3) is 0.391. The first kappa shape index (κ1) is 27.4. The number of hydrogen-bond donors (Lipinski definition) is 1. The quantitative estimate of drug-likeness (QED) is 0.523. The van der Waals surface area contributed by atoms with Crippen molar-refractivity contribution in [3.63, 3.8) is 0 Å². The second-order valence-corrected chi connectivity index (χ2v) is 9.84. The topological polar surface area (TPSA) is 111 Å². The molecule has 0 aliphatic carbocycles. The fourth-order valence-corrected chi connectivity index (χ4v) is 4.97. The minimum atomic E-state index is -4.57. The molecule has 1 saturated heterocycles. The summed E-state index contributed by atoms with van der Waals surface area (Å²) in [6, 6.07) is 8.36. The zero-order valence-electron chi connectivity index (χ0n) is 19.5. The second kappa shape index (κ2) is 11.3. The van der Waals surface area contributed by atoms with Crippen LogP contribution < -0.4 is 10.1 Å². The highest BCUT2D eigenvalue weighted by Gasteiger charge is 2.31. The van der Waals surface area contributed by atoms with Crippen LogP contribution in [-0.4, -0.2) is 63.6 Å². The molecule has 9 nitrogen and oxygen atoms in total. The molecule has 0 bridgehead atoms. The molecule has 1 N–H and O–H groups in total. The number of benzene rings is 2. The summed E-state index contributed by atoms with van der Waals surface area (Å²) < 4.78 is 80.9. The first-order valence-corrected chi connectivity index (χ1v) is 12.3. The molecule has 196 valence electrons. The lowest BCUT2D eigenvalue weighted by Crippen LogP contribution is -2.40. The van der Waals surface area contributed by atoms with Crippen LogP contribution in [-0.2, 0) is 35.3 Å². The van der Waals surface area contributed by atoms with Gasteiger partial charge >= 0.3 is 12.1 Å². The highest BCUT2D eigenvalue weighted by molar-refractivity contribution is 7.89. The third kappa shape index (κ3) is 6.95. The number of esters is 1. The van der Waals surface area contributed by atoms with Crippen molar-refractivity contribution in [1.82, 2.24) is 4.31 Å².